The van der Waals surface area contributed by atoms with Crippen molar-refractivity contribution in [2.75, 3.05) is 5.75 Å². The summed E-state index contributed by atoms with van der Waals surface area (Å²) in [6.07, 6.45) is 18.0. The Morgan fingerprint density at radius 2 is 1.35 bits per heavy atom. The van der Waals surface area contributed by atoms with Gasteiger partial charge < -0.3 is 0 Å². The number of nitrogens with zero attached hydrogens (tertiary/aromatic N) is 1. The summed E-state index contributed by atoms with van der Waals surface area (Å²) in [7, 11) is 0. The van der Waals surface area contributed by atoms with Crippen LogP contribution in [0.3, 0.4) is 0 Å². The molecule has 0 saturated heterocycles. The Bertz CT molecular complexity index is 300. The number of hydrogen-bond acceptors (Lipinski definition) is 2. The molecule has 2 heteroatoms. The van der Waals surface area contributed by atoms with Crippen LogP contribution in [0.4, 0.5) is 0 Å². The van der Waals surface area contributed by atoms with Gasteiger partial charge in [-0.3, -0.25) is 4.98 Å². The predicted octanol–water partition coefficient (Wildman–Crippen LogP) is 6.24. The topological polar surface area (TPSA) is 12.9 Å². The fraction of sp³-hybridized carbons (Fsp3) is 0.722. The molecular weight excluding hydrogens is 262 g/mol. The van der Waals surface area contributed by atoms with Gasteiger partial charge in [0.25, 0.3) is 0 Å². The van der Waals surface area contributed by atoms with E-state index >= 15 is 0 Å². The highest BCUT2D eigenvalue weighted by Crippen LogP contribution is 2.15. The fourth-order valence-corrected chi connectivity index (χ4v) is 3.34. The van der Waals surface area contributed by atoms with E-state index in [1.165, 1.54) is 75.5 Å². The van der Waals surface area contributed by atoms with Gasteiger partial charge in [-0.05, 0) is 29.9 Å². The molecule has 0 amide bonds. The smallest absolute Gasteiger partial charge is 0.0270 e. The molecule has 0 aliphatic heterocycles. The SMILES string of the molecule is CCCCCCCCCCCCSCc1ccncc1. The molecule has 1 aromatic rings. The Morgan fingerprint density at radius 3 is 1.95 bits per heavy atom. The summed E-state index contributed by atoms with van der Waals surface area (Å²) in [5.41, 5.74) is 1.40. The van der Waals surface area contributed by atoms with E-state index < -0.39 is 0 Å². The minimum atomic E-state index is 1.14. The van der Waals surface area contributed by atoms with Crippen molar-refractivity contribution in [3.05, 3.63) is 30.1 Å². The molecule has 0 aliphatic rings. The van der Waals surface area contributed by atoms with Gasteiger partial charge in [0, 0.05) is 18.1 Å². The van der Waals surface area contributed by atoms with Gasteiger partial charge in [-0.1, -0.05) is 64.7 Å². The Kier molecular flexibility index (Phi) is 11.8. The highest BCUT2D eigenvalue weighted by molar-refractivity contribution is 7.98. The largest absolute Gasteiger partial charge is 0.265 e. The lowest BCUT2D eigenvalue weighted by molar-refractivity contribution is 0.563. The first-order valence-corrected chi connectivity index (χ1v) is 9.55. The maximum absolute atomic E-state index is 4.05. The Balaban J connectivity index is 1.77. The summed E-state index contributed by atoms with van der Waals surface area (Å²) in [5, 5.41) is 0. The summed E-state index contributed by atoms with van der Waals surface area (Å²) in [4.78, 5) is 4.05. The van der Waals surface area contributed by atoms with Crippen molar-refractivity contribution >= 4 is 11.8 Å². The van der Waals surface area contributed by atoms with E-state index in [0.29, 0.717) is 0 Å². The second-order valence-corrected chi connectivity index (χ2v) is 6.70. The number of aromatic nitrogens is 1. The van der Waals surface area contributed by atoms with Gasteiger partial charge in [-0.25, -0.2) is 0 Å². The van der Waals surface area contributed by atoms with Crippen LogP contribution in [-0.4, -0.2) is 10.7 Å². The maximum Gasteiger partial charge on any atom is 0.0270 e. The van der Waals surface area contributed by atoms with Crippen LogP contribution >= 0.6 is 11.8 Å². The van der Waals surface area contributed by atoms with Crippen LogP contribution < -0.4 is 0 Å². The molecule has 0 aromatic carbocycles. The number of pyridine rings is 1. The average Bonchev–Trinajstić information content (AvgIpc) is 2.49. The highest BCUT2D eigenvalue weighted by atomic mass is 32.2. The third kappa shape index (κ3) is 10.3. The molecular formula is C18H31NS. The zero-order valence-electron chi connectivity index (χ0n) is 13.2. The van der Waals surface area contributed by atoms with Crippen LogP contribution in [0, 0.1) is 0 Å². The minimum absolute atomic E-state index is 1.14. The van der Waals surface area contributed by atoms with E-state index in [1.807, 2.05) is 12.4 Å². The van der Waals surface area contributed by atoms with Gasteiger partial charge in [-0.2, -0.15) is 11.8 Å². The van der Waals surface area contributed by atoms with E-state index in [1.54, 1.807) is 0 Å². The fourth-order valence-electron chi connectivity index (χ4n) is 2.36. The summed E-state index contributed by atoms with van der Waals surface area (Å²) >= 11 is 2.06. The van der Waals surface area contributed by atoms with E-state index in [4.69, 9.17) is 0 Å². The lowest BCUT2D eigenvalue weighted by Gasteiger charge is -2.03. The molecule has 0 spiro atoms. The molecule has 20 heavy (non-hydrogen) atoms. The van der Waals surface area contributed by atoms with Crippen molar-refractivity contribution < 1.29 is 0 Å². The van der Waals surface area contributed by atoms with Crippen molar-refractivity contribution in [3.8, 4) is 0 Å². The molecule has 0 aliphatic carbocycles. The number of unbranched alkanes of at least 4 members (excludes halogenated alkanes) is 9. The monoisotopic (exact) mass is 293 g/mol. The third-order valence-electron chi connectivity index (χ3n) is 3.66. The minimum Gasteiger partial charge on any atom is -0.265 e. The number of thioether (sulfide) groups is 1. The van der Waals surface area contributed by atoms with Gasteiger partial charge in [0.05, 0.1) is 0 Å². The summed E-state index contributed by atoms with van der Waals surface area (Å²) in [5.74, 6) is 2.44. The van der Waals surface area contributed by atoms with Crippen LogP contribution in [0.25, 0.3) is 0 Å². The Labute approximate surface area is 130 Å². The molecule has 114 valence electrons. The van der Waals surface area contributed by atoms with Gasteiger partial charge in [-0.15, -0.1) is 0 Å². The molecule has 0 radical (unpaired) electrons. The summed E-state index contributed by atoms with van der Waals surface area (Å²) in [6.45, 7) is 2.28. The zero-order chi connectivity index (χ0) is 14.3. The van der Waals surface area contributed by atoms with Crippen molar-refractivity contribution in [2.24, 2.45) is 0 Å². The van der Waals surface area contributed by atoms with Crippen LogP contribution in [-0.2, 0) is 5.75 Å². The predicted molar refractivity (Wildman–Crippen MR) is 92.2 cm³/mol. The zero-order valence-corrected chi connectivity index (χ0v) is 14.0. The quantitative estimate of drug-likeness (QED) is 0.399. The molecule has 0 atom stereocenters. The van der Waals surface area contributed by atoms with E-state index in [9.17, 15) is 0 Å². The van der Waals surface area contributed by atoms with Crippen molar-refractivity contribution in [2.45, 2.75) is 76.9 Å². The second-order valence-electron chi connectivity index (χ2n) is 5.59. The number of rotatable bonds is 13. The lowest BCUT2D eigenvalue weighted by atomic mass is 10.1. The molecule has 0 fully saturated rings. The Hall–Kier alpha value is -0.500. The van der Waals surface area contributed by atoms with Crippen LogP contribution in [0.1, 0.15) is 76.7 Å². The van der Waals surface area contributed by atoms with Crippen molar-refractivity contribution in [3.63, 3.8) is 0 Å². The van der Waals surface area contributed by atoms with Gasteiger partial charge in [0.2, 0.25) is 0 Å². The maximum atomic E-state index is 4.05. The average molecular weight is 294 g/mol. The summed E-state index contributed by atoms with van der Waals surface area (Å²) < 4.78 is 0. The molecule has 0 unspecified atom stereocenters. The molecule has 0 bridgehead atoms. The van der Waals surface area contributed by atoms with Crippen LogP contribution in [0.5, 0.6) is 0 Å². The first kappa shape index (κ1) is 17.6. The van der Waals surface area contributed by atoms with Crippen LogP contribution in [0.2, 0.25) is 0 Å². The van der Waals surface area contributed by atoms with E-state index in [0.717, 1.165) is 5.75 Å². The van der Waals surface area contributed by atoms with Crippen molar-refractivity contribution in [1.82, 2.24) is 4.98 Å². The van der Waals surface area contributed by atoms with E-state index in [-0.39, 0.29) is 0 Å². The summed E-state index contributed by atoms with van der Waals surface area (Å²) in [6, 6.07) is 4.23. The normalized spacial score (nSPS) is 10.8. The third-order valence-corrected chi connectivity index (χ3v) is 4.78. The molecule has 1 rings (SSSR count). The van der Waals surface area contributed by atoms with Crippen LogP contribution in [0.15, 0.2) is 24.5 Å². The Morgan fingerprint density at radius 1 is 0.800 bits per heavy atom. The molecule has 1 heterocycles. The first-order valence-electron chi connectivity index (χ1n) is 8.40. The molecule has 0 saturated carbocycles. The molecule has 0 N–H and O–H groups in total. The highest BCUT2D eigenvalue weighted by Gasteiger charge is 1.95. The standard InChI is InChI=1S/C18H31NS/c1-2-3-4-5-6-7-8-9-10-11-16-20-17-18-12-14-19-15-13-18/h12-15H,2-11,16-17H2,1H3. The van der Waals surface area contributed by atoms with E-state index in [2.05, 4.69) is 35.8 Å². The van der Waals surface area contributed by atoms with Gasteiger partial charge in [0.15, 0.2) is 0 Å². The second kappa shape index (κ2) is 13.5. The molecule has 1 nitrogen and oxygen atoms in total. The van der Waals surface area contributed by atoms with Gasteiger partial charge in [0.1, 0.15) is 0 Å². The van der Waals surface area contributed by atoms with Gasteiger partial charge >= 0.3 is 0 Å². The van der Waals surface area contributed by atoms with Crippen molar-refractivity contribution in [1.29, 1.82) is 0 Å². The number of hydrogen-bond donors (Lipinski definition) is 0. The lowest BCUT2D eigenvalue weighted by Crippen LogP contribution is -1.86. The molecule has 1 aromatic heterocycles. The first-order chi connectivity index (χ1) is 9.93.